The third-order valence-corrected chi connectivity index (χ3v) is 7.27. The molecular weight excluding hydrogens is 420 g/mol. The van der Waals surface area contributed by atoms with Gasteiger partial charge in [0.05, 0.1) is 23.7 Å². The Morgan fingerprint density at radius 2 is 1.74 bits per heavy atom. The van der Waals surface area contributed by atoms with Crippen molar-refractivity contribution in [2.75, 3.05) is 32.9 Å². The van der Waals surface area contributed by atoms with Crippen LogP contribution in [0, 0.1) is 13.8 Å². The van der Waals surface area contributed by atoms with Gasteiger partial charge < -0.3 is 14.0 Å². The molecule has 2 aromatic rings. The third kappa shape index (κ3) is 5.06. The molecule has 3 rings (SSSR count). The van der Waals surface area contributed by atoms with E-state index in [1.165, 1.54) is 28.6 Å². The zero-order chi connectivity index (χ0) is 22.6. The fourth-order valence-electron chi connectivity index (χ4n) is 3.64. The zero-order valence-corrected chi connectivity index (χ0v) is 18.9. The Morgan fingerprint density at radius 1 is 1.10 bits per heavy atom. The molecule has 9 heteroatoms. The number of rotatable bonds is 8. The highest BCUT2D eigenvalue weighted by Gasteiger charge is 2.26. The number of ketones is 1. The molecule has 1 saturated heterocycles. The number of esters is 1. The summed E-state index contributed by atoms with van der Waals surface area (Å²) in [6.45, 7) is 7.66. The van der Waals surface area contributed by atoms with Crippen LogP contribution in [0.1, 0.15) is 45.4 Å². The van der Waals surface area contributed by atoms with E-state index < -0.39 is 16.0 Å². The number of benzene rings is 1. The van der Waals surface area contributed by atoms with Crippen LogP contribution in [-0.2, 0) is 26.0 Å². The molecule has 31 heavy (non-hydrogen) atoms. The Morgan fingerprint density at radius 3 is 2.35 bits per heavy atom. The van der Waals surface area contributed by atoms with Crippen molar-refractivity contribution in [2.45, 2.75) is 38.6 Å². The number of ether oxygens (including phenoxy) is 2. The Hall–Kier alpha value is -2.49. The molecule has 0 bridgehead atoms. The van der Waals surface area contributed by atoms with Gasteiger partial charge >= 0.3 is 5.97 Å². The van der Waals surface area contributed by atoms with Crippen molar-refractivity contribution in [3.8, 4) is 0 Å². The van der Waals surface area contributed by atoms with Crippen molar-refractivity contribution in [2.24, 2.45) is 0 Å². The van der Waals surface area contributed by atoms with Crippen LogP contribution in [0.25, 0.3) is 0 Å². The van der Waals surface area contributed by atoms with Crippen LogP contribution < -0.4 is 0 Å². The molecule has 168 valence electrons. The summed E-state index contributed by atoms with van der Waals surface area (Å²) in [6.07, 6.45) is 0.955. The average molecular weight is 449 g/mol. The summed E-state index contributed by atoms with van der Waals surface area (Å²) in [5, 5.41) is 0. The molecule has 0 unspecified atom stereocenters. The van der Waals surface area contributed by atoms with Crippen molar-refractivity contribution >= 4 is 21.8 Å². The summed E-state index contributed by atoms with van der Waals surface area (Å²) in [5.41, 5.74) is 2.58. The summed E-state index contributed by atoms with van der Waals surface area (Å²) in [7, 11) is -3.63. The van der Waals surface area contributed by atoms with Crippen LogP contribution in [0.2, 0.25) is 0 Å². The monoisotopic (exact) mass is 448 g/mol. The van der Waals surface area contributed by atoms with Crippen molar-refractivity contribution in [1.82, 2.24) is 8.87 Å². The first-order valence-electron chi connectivity index (χ1n) is 10.3. The molecule has 0 N–H and O–H groups in total. The van der Waals surface area contributed by atoms with E-state index in [4.69, 9.17) is 9.47 Å². The van der Waals surface area contributed by atoms with Gasteiger partial charge in [0.2, 0.25) is 15.8 Å². The minimum atomic E-state index is -3.63. The number of carbonyl (C=O) groups is 2. The lowest BCUT2D eigenvalue weighted by molar-refractivity contribution is 0.0474. The molecule has 0 spiro atoms. The summed E-state index contributed by atoms with van der Waals surface area (Å²) in [4.78, 5) is 25.0. The van der Waals surface area contributed by atoms with Crippen LogP contribution in [0.15, 0.2) is 35.2 Å². The molecule has 1 aliphatic heterocycles. The Bertz CT molecular complexity index is 1050. The molecule has 0 radical (unpaired) electrons. The maximum atomic E-state index is 12.7. The summed E-state index contributed by atoms with van der Waals surface area (Å²) in [6, 6.07) is 7.36. The summed E-state index contributed by atoms with van der Waals surface area (Å²) < 4.78 is 39.1. The third-order valence-electron chi connectivity index (χ3n) is 5.35. The number of hydrogen-bond donors (Lipinski definition) is 0. The van der Waals surface area contributed by atoms with Crippen molar-refractivity contribution in [3.63, 3.8) is 0 Å². The fraction of sp³-hybridized carbons (Fsp3) is 0.455. The molecule has 1 aliphatic rings. The molecule has 0 atom stereocenters. The van der Waals surface area contributed by atoms with Crippen LogP contribution in [0.5, 0.6) is 0 Å². The highest BCUT2D eigenvalue weighted by Crippen LogP contribution is 2.19. The largest absolute Gasteiger partial charge is 0.454 e. The van der Waals surface area contributed by atoms with Gasteiger partial charge in [-0.25, -0.2) is 13.2 Å². The Labute approximate surface area is 182 Å². The number of sulfonamides is 1. The predicted octanol–water partition coefficient (Wildman–Crippen LogP) is 2.58. The van der Waals surface area contributed by atoms with Crippen LogP contribution in [0.3, 0.4) is 0 Å². The number of aromatic nitrogens is 1. The Balaban J connectivity index is 1.63. The number of morpholine rings is 1. The standard InChI is InChI=1S/C22H28N2O6S/c1-4-9-24-16(2)14-20(17(24)3)21(25)15-30-22(26)18-5-7-19(8-6-18)31(27,28)23-10-12-29-13-11-23/h5-8,14H,4,9-13,15H2,1-3H3. The second-order valence-corrected chi connectivity index (χ2v) is 9.41. The normalized spacial score (nSPS) is 15.1. The van der Waals surface area contributed by atoms with E-state index >= 15 is 0 Å². The van der Waals surface area contributed by atoms with Crippen LogP contribution in [-0.4, -0.2) is 62.0 Å². The number of nitrogens with zero attached hydrogens (tertiary/aromatic N) is 2. The van der Waals surface area contributed by atoms with Crippen LogP contribution >= 0.6 is 0 Å². The second kappa shape index (κ2) is 9.76. The molecule has 0 amide bonds. The van der Waals surface area contributed by atoms with E-state index in [0.29, 0.717) is 31.9 Å². The molecule has 0 saturated carbocycles. The second-order valence-electron chi connectivity index (χ2n) is 7.48. The lowest BCUT2D eigenvalue weighted by atomic mass is 10.1. The zero-order valence-electron chi connectivity index (χ0n) is 18.1. The number of hydrogen-bond acceptors (Lipinski definition) is 6. The van der Waals surface area contributed by atoms with Crippen molar-refractivity contribution in [1.29, 1.82) is 0 Å². The minimum Gasteiger partial charge on any atom is -0.454 e. The molecular formula is C22H28N2O6S. The van der Waals surface area contributed by atoms with Gasteiger partial charge in [-0.15, -0.1) is 0 Å². The van der Waals surface area contributed by atoms with Crippen molar-refractivity contribution in [3.05, 3.63) is 52.8 Å². The number of carbonyl (C=O) groups excluding carboxylic acids is 2. The number of Topliss-reactive ketones (excluding diaryl/α,β-unsaturated/α-hetero) is 1. The van der Waals surface area contributed by atoms with E-state index in [1.54, 1.807) is 0 Å². The van der Waals surface area contributed by atoms with Gasteiger partial charge in [0.1, 0.15) is 0 Å². The van der Waals surface area contributed by atoms with Crippen molar-refractivity contribution < 1.29 is 27.5 Å². The molecule has 2 heterocycles. The summed E-state index contributed by atoms with van der Waals surface area (Å²) >= 11 is 0. The van der Waals surface area contributed by atoms with Gasteiger partial charge in [-0.1, -0.05) is 6.92 Å². The summed E-state index contributed by atoms with van der Waals surface area (Å²) in [5.74, 6) is -0.943. The predicted molar refractivity (Wildman–Crippen MR) is 115 cm³/mol. The van der Waals surface area contributed by atoms with Gasteiger partial charge in [0, 0.05) is 36.6 Å². The first-order valence-corrected chi connectivity index (χ1v) is 11.7. The number of aryl methyl sites for hydroxylation is 1. The molecule has 0 aliphatic carbocycles. The lowest BCUT2D eigenvalue weighted by Gasteiger charge is -2.26. The quantitative estimate of drug-likeness (QED) is 0.455. The topological polar surface area (TPSA) is 94.9 Å². The SMILES string of the molecule is CCCn1c(C)cc(C(=O)COC(=O)c2ccc(S(=O)(=O)N3CCOCC3)cc2)c1C. The highest BCUT2D eigenvalue weighted by atomic mass is 32.2. The Kier molecular flexibility index (Phi) is 7.30. The molecule has 1 aromatic carbocycles. The molecule has 1 fully saturated rings. The van der Waals surface area contributed by atoms with Gasteiger partial charge in [-0.3, -0.25) is 4.79 Å². The van der Waals surface area contributed by atoms with E-state index in [9.17, 15) is 18.0 Å². The molecule has 1 aromatic heterocycles. The lowest BCUT2D eigenvalue weighted by Crippen LogP contribution is -2.40. The highest BCUT2D eigenvalue weighted by molar-refractivity contribution is 7.89. The minimum absolute atomic E-state index is 0.102. The van der Waals surface area contributed by atoms with E-state index in [0.717, 1.165) is 24.4 Å². The van der Waals surface area contributed by atoms with Gasteiger partial charge in [-0.2, -0.15) is 4.31 Å². The first kappa shape index (κ1) is 23.2. The smallest absolute Gasteiger partial charge is 0.338 e. The maximum Gasteiger partial charge on any atom is 0.338 e. The maximum absolute atomic E-state index is 12.7. The van der Waals surface area contributed by atoms with Gasteiger partial charge in [0.15, 0.2) is 6.61 Å². The average Bonchev–Trinajstić information content (AvgIpc) is 3.06. The fourth-order valence-corrected chi connectivity index (χ4v) is 5.05. The van der Waals surface area contributed by atoms with Crippen LogP contribution in [0.4, 0.5) is 0 Å². The first-order chi connectivity index (χ1) is 14.8. The van der Waals surface area contributed by atoms with Gasteiger partial charge in [0.25, 0.3) is 0 Å². The van der Waals surface area contributed by atoms with Gasteiger partial charge in [-0.05, 0) is 50.6 Å². The van der Waals surface area contributed by atoms with E-state index in [-0.39, 0.29) is 22.8 Å². The van der Waals surface area contributed by atoms with E-state index in [2.05, 4.69) is 11.5 Å². The molecule has 8 nitrogen and oxygen atoms in total. The van der Waals surface area contributed by atoms with E-state index in [1.807, 2.05) is 19.9 Å².